The number of para-hydroxylation sites is 1. The molecule has 0 saturated heterocycles. The molecule has 0 saturated carbocycles. The van der Waals surface area contributed by atoms with Crippen LogP contribution in [0.25, 0.3) is 0 Å². The van der Waals surface area contributed by atoms with E-state index in [2.05, 4.69) is 15.5 Å². The highest BCUT2D eigenvalue weighted by Gasteiger charge is 2.38. The normalized spacial score (nSPS) is 13.1. The number of thioether (sulfide) groups is 1. The van der Waals surface area contributed by atoms with Gasteiger partial charge in [0.05, 0.1) is 5.25 Å². The van der Waals surface area contributed by atoms with E-state index in [0.29, 0.717) is 10.4 Å². The van der Waals surface area contributed by atoms with Gasteiger partial charge in [-0.25, -0.2) is 4.68 Å². The van der Waals surface area contributed by atoms with Crippen LogP contribution in [0.3, 0.4) is 0 Å². The molecule has 1 unspecified atom stereocenters. The molecule has 136 valence electrons. The van der Waals surface area contributed by atoms with E-state index in [4.69, 9.17) is 5.84 Å². The highest BCUT2D eigenvalue weighted by molar-refractivity contribution is 8.00. The molecule has 1 aromatic carbocycles. The van der Waals surface area contributed by atoms with Gasteiger partial charge < -0.3 is 11.2 Å². The second-order valence-electron chi connectivity index (χ2n) is 5.67. The Morgan fingerprint density at radius 1 is 1.24 bits per heavy atom. The Bertz CT molecular complexity index is 760. The fraction of sp³-hybridized carbons (Fsp3) is 0.400. The number of anilines is 1. The topological polar surface area (TPSA) is 85.8 Å². The van der Waals surface area contributed by atoms with E-state index in [9.17, 15) is 18.0 Å². The van der Waals surface area contributed by atoms with Crippen molar-refractivity contribution in [3.63, 3.8) is 0 Å². The Hall–Kier alpha value is -2.23. The van der Waals surface area contributed by atoms with Crippen molar-refractivity contribution in [2.45, 2.75) is 43.3 Å². The number of amides is 1. The third-order valence-electron chi connectivity index (χ3n) is 3.41. The number of halogens is 3. The number of benzene rings is 1. The Labute approximate surface area is 147 Å². The number of aromatic nitrogens is 3. The molecule has 0 spiro atoms. The van der Waals surface area contributed by atoms with E-state index < -0.39 is 17.3 Å². The van der Waals surface area contributed by atoms with Crippen LogP contribution in [0.15, 0.2) is 29.4 Å². The fourth-order valence-corrected chi connectivity index (χ4v) is 2.88. The highest BCUT2D eigenvalue weighted by atomic mass is 32.2. The third-order valence-corrected chi connectivity index (χ3v) is 4.47. The molecular weight excluding hydrogens is 355 g/mol. The monoisotopic (exact) mass is 373 g/mol. The zero-order valence-electron chi connectivity index (χ0n) is 13.8. The quantitative estimate of drug-likeness (QED) is 0.621. The maximum absolute atomic E-state index is 12.7. The Balaban J connectivity index is 2.11. The summed E-state index contributed by atoms with van der Waals surface area (Å²) in [6.45, 7) is 5.55. The first-order valence-corrected chi connectivity index (χ1v) is 8.33. The van der Waals surface area contributed by atoms with Crippen molar-refractivity contribution >= 4 is 23.4 Å². The Kier molecular flexibility index (Phi) is 5.61. The Morgan fingerprint density at radius 3 is 2.44 bits per heavy atom. The van der Waals surface area contributed by atoms with Crippen LogP contribution < -0.4 is 11.2 Å². The van der Waals surface area contributed by atoms with Crippen molar-refractivity contribution in [2.75, 3.05) is 11.2 Å². The summed E-state index contributed by atoms with van der Waals surface area (Å²) in [6.07, 6.45) is -4.71. The van der Waals surface area contributed by atoms with Gasteiger partial charge in [-0.1, -0.05) is 43.8 Å². The van der Waals surface area contributed by atoms with Gasteiger partial charge in [0, 0.05) is 5.69 Å². The maximum atomic E-state index is 12.7. The second-order valence-corrected chi connectivity index (χ2v) is 6.97. The number of nitrogens with zero attached hydrogens (tertiary/aromatic N) is 3. The Morgan fingerprint density at radius 2 is 1.88 bits per heavy atom. The predicted octanol–water partition coefficient (Wildman–Crippen LogP) is 3.25. The van der Waals surface area contributed by atoms with Gasteiger partial charge in [-0.05, 0) is 24.5 Å². The summed E-state index contributed by atoms with van der Waals surface area (Å²) in [5, 5.41) is 8.32. The van der Waals surface area contributed by atoms with Gasteiger partial charge in [-0.2, -0.15) is 13.2 Å². The summed E-state index contributed by atoms with van der Waals surface area (Å²) < 4.78 is 38.4. The van der Waals surface area contributed by atoms with Crippen LogP contribution in [0.2, 0.25) is 0 Å². The molecule has 2 aromatic rings. The first kappa shape index (κ1) is 19.1. The van der Waals surface area contributed by atoms with Crippen LogP contribution in [0.4, 0.5) is 18.9 Å². The average molecular weight is 373 g/mol. The second kappa shape index (κ2) is 7.34. The van der Waals surface area contributed by atoms with Crippen molar-refractivity contribution < 1.29 is 18.0 Å². The number of hydrogen-bond donors (Lipinski definition) is 2. The molecule has 3 N–H and O–H groups in total. The van der Waals surface area contributed by atoms with Crippen LogP contribution in [0.1, 0.15) is 38.1 Å². The van der Waals surface area contributed by atoms with Crippen molar-refractivity contribution in [3.05, 3.63) is 35.7 Å². The minimum atomic E-state index is -4.71. The van der Waals surface area contributed by atoms with Crippen molar-refractivity contribution in [1.29, 1.82) is 0 Å². The van der Waals surface area contributed by atoms with Crippen LogP contribution in [-0.2, 0) is 11.0 Å². The summed E-state index contributed by atoms with van der Waals surface area (Å²) in [7, 11) is 0. The van der Waals surface area contributed by atoms with E-state index in [1.54, 1.807) is 19.1 Å². The molecule has 0 aliphatic heterocycles. The smallest absolute Gasteiger partial charge is 0.335 e. The predicted molar refractivity (Wildman–Crippen MR) is 89.7 cm³/mol. The number of nitrogens with two attached hydrogens (primary N) is 1. The van der Waals surface area contributed by atoms with Gasteiger partial charge >= 0.3 is 6.18 Å². The number of nitrogens with one attached hydrogen (secondary N) is 1. The molecule has 25 heavy (non-hydrogen) atoms. The van der Waals surface area contributed by atoms with E-state index in [0.717, 1.165) is 17.3 Å². The maximum Gasteiger partial charge on any atom is 0.453 e. The van der Waals surface area contributed by atoms with Crippen LogP contribution >= 0.6 is 11.8 Å². The molecular formula is C15H18F3N5OS. The number of alkyl halides is 3. The number of carbonyl (C=O) groups excluding carboxylic acids is 1. The molecule has 0 aliphatic rings. The summed E-state index contributed by atoms with van der Waals surface area (Å²) >= 11 is 0.801. The van der Waals surface area contributed by atoms with E-state index in [1.807, 2.05) is 26.0 Å². The molecule has 2 rings (SSSR count). The standard InChI is InChI=1S/C15H18F3N5OS/c1-8(2)10-6-4-5-7-11(10)20-12(24)9(3)25-14-22-21-13(23(14)19)15(16,17)18/h4-9H,19H2,1-3H3,(H,20,24). The van der Waals surface area contributed by atoms with E-state index in [1.165, 1.54) is 0 Å². The third kappa shape index (κ3) is 4.44. The van der Waals surface area contributed by atoms with Gasteiger partial charge in [0.2, 0.25) is 11.1 Å². The molecule has 0 aliphatic carbocycles. The van der Waals surface area contributed by atoms with E-state index in [-0.39, 0.29) is 17.0 Å². The molecule has 0 fully saturated rings. The number of rotatable bonds is 5. The lowest BCUT2D eigenvalue weighted by Crippen LogP contribution is -2.25. The van der Waals surface area contributed by atoms with Gasteiger partial charge in [-0.3, -0.25) is 4.79 Å². The summed E-state index contributed by atoms with van der Waals surface area (Å²) in [4.78, 5) is 12.4. The fourth-order valence-electron chi connectivity index (χ4n) is 2.11. The van der Waals surface area contributed by atoms with Crippen molar-refractivity contribution in [1.82, 2.24) is 14.9 Å². The summed E-state index contributed by atoms with van der Waals surface area (Å²) in [5.74, 6) is 3.90. The van der Waals surface area contributed by atoms with Crippen molar-refractivity contribution in [2.24, 2.45) is 0 Å². The van der Waals surface area contributed by atoms with Gasteiger partial charge in [0.15, 0.2) is 0 Å². The van der Waals surface area contributed by atoms with Gasteiger partial charge in [-0.15, -0.1) is 10.2 Å². The molecule has 1 atom stereocenters. The van der Waals surface area contributed by atoms with Crippen LogP contribution in [-0.4, -0.2) is 26.0 Å². The molecule has 6 nitrogen and oxygen atoms in total. The largest absolute Gasteiger partial charge is 0.453 e. The van der Waals surface area contributed by atoms with Gasteiger partial charge in [0.25, 0.3) is 5.82 Å². The number of nitrogen functional groups attached to an aromatic ring is 1. The SMILES string of the molecule is CC(Sc1nnc(C(F)(F)F)n1N)C(=O)Nc1ccccc1C(C)C. The van der Waals surface area contributed by atoms with Crippen LogP contribution in [0, 0.1) is 0 Å². The van der Waals surface area contributed by atoms with Gasteiger partial charge in [0.1, 0.15) is 0 Å². The first-order valence-electron chi connectivity index (χ1n) is 7.45. The lowest BCUT2D eigenvalue weighted by molar-refractivity contribution is -0.146. The molecule has 1 heterocycles. The number of hydrogen-bond acceptors (Lipinski definition) is 5. The molecule has 10 heteroatoms. The molecule has 0 bridgehead atoms. The summed E-state index contributed by atoms with van der Waals surface area (Å²) in [5.41, 5.74) is 1.63. The average Bonchev–Trinajstić information content (AvgIpc) is 2.88. The molecule has 1 aromatic heterocycles. The first-order chi connectivity index (χ1) is 11.6. The minimum Gasteiger partial charge on any atom is -0.335 e. The lowest BCUT2D eigenvalue weighted by atomic mass is 10.0. The lowest BCUT2D eigenvalue weighted by Gasteiger charge is -2.16. The zero-order chi connectivity index (χ0) is 18.8. The molecule has 1 amide bonds. The zero-order valence-corrected chi connectivity index (χ0v) is 14.6. The molecule has 0 radical (unpaired) electrons. The van der Waals surface area contributed by atoms with E-state index >= 15 is 0 Å². The number of carbonyl (C=O) groups is 1. The summed E-state index contributed by atoms with van der Waals surface area (Å²) in [6, 6.07) is 7.35. The minimum absolute atomic E-state index is 0.188. The van der Waals surface area contributed by atoms with Crippen molar-refractivity contribution in [3.8, 4) is 0 Å². The van der Waals surface area contributed by atoms with Crippen LogP contribution in [0.5, 0.6) is 0 Å². The highest BCUT2D eigenvalue weighted by Crippen LogP contribution is 2.30.